The highest BCUT2D eigenvalue weighted by atomic mass is 16.5. The summed E-state index contributed by atoms with van der Waals surface area (Å²) in [5, 5.41) is 2.91. The molecule has 0 saturated heterocycles. The Morgan fingerprint density at radius 1 is 1.36 bits per heavy atom. The van der Waals surface area contributed by atoms with E-state index >= 15 is 0 Å². The lowest BCUT2D eigenvalue weighted by molar-refractivity contribution is -0.138. The number of nitrogens with zero attached hydrogens (tertiary/aromatic N) is 1. The first-order valence-electron chi connectivity index (χ1n) is 7.47. The van der Waals surface area contributed by atoms with Gasteiger partial charge in [0.05, 0.1) is 18.0 Å². The van der Waals surface area contributed by atoms with Crippen molar-refractivity contribution in [3.05, 3.63) is 17.8 Å². The van der Waals surface area contributed by atoms with Crippen LogP contribution in [0.1, 0.15) is 25.5 Å². The number of hydrogen-bond acceptors (Lipinski definition) is 5. The van der Waals surface area contributed by atoms with Crippen molar-refractivity contribution in [2.45, 2.75) is 32.3 Å². The summed E-state index contributed by atoms with van der Waals surface area (Å²) in [4.78, 5) is 16.8. The van der Waals surface area contributed by atoms with Gasteiger partial charge >= 0.3 is 0 Å². The van der Waals surface area contributed by atoms with Crippen molar-refractivity contribution in [3.8, 4) is 5.88 Å². The highest BCUT2D eigenvalue weighted by Crippen LogP contribution is 2.42. The van der Waals surface area contributed by atoms with E-state index in [1.165, 1.54) is 0 Å². The molecule has 1 N–H and O–H groups in total. The van der Waals surface area contributed by atoms with Crippen molar-refractivity contribution < 1.29 is 19.0 Å². The average molecular weight is 308 g/mol. The largest absolute Gasteiger partial charge is 0.475 e. The number of pyridine rings is 1. The van der Waals surface area contributed by atoms with Gasteiger partial charge in [0.1, 0.15) is 12.2 Å². The van der Waals surface area contributed by atoms with E-state index in [2.05, 4.69) is 10.3 Å². The summed E-state index contributed by atoms with van der Waals surface area (Å²) in [5.74, 6) is 0.683. The standard InChI is InChI=1S/C16H24N2O4/c1-11-13(7-8-14(17-11)22-10-9-20-3)18-15(19)16(2,21-4)12-5-6-12/h7-8,12H,5-6,9-10H2,1-4H3,(H,18,19)/t16-/m0/s1. The number of carbonyl (C=O) groups excluding carboxylic acids is 1. The lowest BCUT2D eigenvalue weighted by Gasteiger charge is -2.27. The number of ether oxygens (including phenoxy) is 3. The Bertz CT molecular complexity index is 531. The lowest BCUT2D eigenvalue weighted by Crippen LogP contribution is -2.44. The van der Waals surface area contributed by atoms with Gasteiger partial charge in [0, 0.05) is 20.3 Å². The van der Waals surface area contributed by atoms with Crippen LogP contribution in [-0.2, 0) is 14.3 Å². The normalized spacial score (nSPS) is 16.9. The molecule has 6 heteroatoms. The van der Waals surface area contributed by atoms with Gasteiger partial charge in [-0.2, -0.15) is 0 Å². The van der Waals surface area contributed by atoms with E-state index in [0.717, 1.165) is 12.8 Å². The molecule has 1 aromatic heterocycles. The molecule has 2 rings (SSSR count). The van der Waals surface area contributed by atoms with E-state index in [9.17, 15) is 4.79 Å². The molecule has 1 heterocycles. The number of methoxy groups -OCH3 is 2. The van der Waals surface area contributed by atoms with Gasteiger partial charge in [-0.25, -0.2) is 4.98 Å². The number of rotatable bonds is 8. The van der Waals surface area contributed by atoms with Crippen molar-refractivity contribution in [1.82, 2.24) is 4.98 Å². The maximum absolute atomic E-state index is 12.5. The number of aromatic nitrogens is 1. The molecule has 0 bridgehead atoms. The minimum atomic E-state index is -0.778. The Hall–Kier alpha value is -1.66. The predicted molar refractivity (Wildman–Crippen MR) is 83.1 cm³/mol. The van der Waals surface area contributed by atoms with Crippen LogP contribution >= 0.6 is 0 Å². The van der Waals surface area contributed by atoms with E-state index in [0.29, 0.717) is 36.4 Å². The second kappa shape index (κ2) is 7.07. The number of amides is 1. The Labute approximate surface area is 131 Å². The summed E-state index contributed by atoms with van der Waals surface area (Å²) in [6.07, 6.45) is 2.06. The fraction of sp³-hybridized carbons (Fsp3) is 0.625. The molecule has 0 radical (unpaired) electrons. The van der Waals surface area contributed by atoms with Crippen molar-refractivity contribution in [3.63, 3.8) is 0 Å². The van der Waals surface area contributed by atoms with Gasteiger partial charge < -0.3 is 19.5 Å². The first-order chi connectivity index (χ1) is 10.5. The summed E-state index contributed by atoms with van der Waals surface area (Å²) in [7, 11) is 3.20. The molecule has 0 spiro atoms. The van der Waals surface area contributed by atoms with E-state index in [1.54, 1.807) is 26.4 Å². The van der Waals surface area contributed by atoms with Gasteiger partial charge in [0.2, 0.25) is 5.88 Å². The van der Waals surface area contributed by atoms with Crippen LogP contribution in [0.2, 0.25) is 0 Å². The second-order valence-electron chi connectivity index (χ2n) is 5.66. The zero-order valence-corrected chi connectivity index (χ0v) is 13.6. The van der Waals surface area contributed by atoms with Crippen LogP contribution in [0.5, 0.6) is 5.88 Å². The van der Waals surface area contributed by atoms with Gasteiger partial charge in [-0.15, -0.1) is 0 Å². The van der Waals surface area contributed by atoms with E-state index < -0.39 is 5.60 Å². The molecule has 22 heavy (non-hydrogen) atoms. The lowest BCUT2D eigenvalue weighted by atomic mass is 9.99. The smallest absolute Gasteiger partial charge is 0.256 e. The molecule has 1 aromatic rings. The minimum absolute atomic E-state index is 0.129. The van der Waals surface area contributed by atoms with Crippen LogP contribution in [0.3, 0.4) is 0 Å². The molecule has 0 unspecified atom stereocenters. The third-order valence-electron chi connectivity index (χ3n) is 4.08. The highest BCUT2D eigenvalue weighted by Gasteiger charge is 2.47. The Morgan fingerprint density at radius 3 is 2.64 bits per heavy atom. The van der Waals surface area contributed by atoms with Crippen LogP contribution in [0.25, 0.3) is 0 Å². The van der Waals surface area contributed by atoms with Gasteiger partial charge in [-0.3, -0.25) is 4.79 Å². The van der Waals surface area contributed by atoms with Crippen LogP contribution in [0.4, 0.5) is 5.69 Å². The van der Waals surface area contributed by atoms with Gasteiger partial charge in [-0.1, -0.05) is 0 Å². The molecule has 6 nitrogen and oxygen atoms in total. The summed E-state index contributed by atoms with van der Waals surface area (Å²) in [6.45, 7) is 4.62. The van der Waals surface area contributed by atoms with Crippen LogP contribution in [-0.4, -0.2) is 43.9 Å². The van der Waals surface area contributed by atoms with Crippen molar-refractivity contribution in [1.29, 1.82) is 0 Å². The second-order valence-corrected chi connectivity index (χ2v) is 5.66. The summed E-state index contributed by atoms with van der Waals surface area (Å²) >= 11 is 0. The quantitative estimate of drug-likeness (QED) is 0.745. The fourth-order valence-corrected chi connectivity index (χ4v) is 2.31. The molecule has 1 amide bonds. The zero-order chi connectivity index (χ0) is 16.2. The molecular formula is C16H24N2O4. The maximum atomic E-state index is 12.5. The molecule has 1 aliphatic rings. The topological polar surface area (TPSA) is 69.7 Å². The average Bonchev–Trinajstić information content (AvgIpc) is 3.34. The Morgan fingerprint density at radius 2 is 2.09 bits per heavy atom. The van der Waals surface area contributed by atoms with E-state index in [4.69, 9.17) is 14.2 Å². The number of nitrogens with one attached hydrogen (secondary N) is 1. The van der Waals surface area contributed by atoms with Crippen LogP contribution < -0.4 is 10.1 Å². The van der Waals surface area contributed by atoms with Crippen LogP contribution in [0.15, 0.2) is 12.1 Å². The molecule has 1 aliphatic carbocycles. The molecule has 1 fully saturated rings. The van der Waals surface area contributed by atoms with E-state index in [-0.39, 0.29) is 5.91 Å². The monoisotopic (exact) mass is 308 g/mol. The maximum Gasteiger partial charge on any atom is 0.256 e. The number of hydrogen-bond donors (Lipinski definition) is 1. The summed E-state index contributed by atoms with van der Waals surface area (Å²) in [5.41, 5.74) is 0.602. The third kappa shape index (κ3) is 3.75. The van der Waals surface area contributed by atoms with Crippen molar-refractivity contribution in [2.75, 3.05) is 32.8 Å². The van der Waals surface area contributed by atoms with Crippen LogP contribution in [0, 0.1) is 12.8 Å². The first-order valence-corrected chi connectivity index (χ1v) is 7.47. The predicted octanol–water partition coefficient (Wildman–Crippen LogP) is 2.17. The molecule has 1 saturated carbocycles. The molecular weight excluding hydrogens is 284 g/mol. The SMILES string of the molecule is COCCOc1ccc(NC(=O)[C@@](C)(OC)C2CC2)c(C)n1. The molecule has 0 aromatic carbocycles. The summed E-state index contributed by atoms with van der Waals surface area (Å²) < 4.78 is 15.8. The Balaban J connectivity index is 2.02. The highest BCUT2D eigenvalue weighted by molar-refractivity contribution is 5.98. The van der Waals surface area contributed by atoms with E-state index in [1.807, 2.05) is 13.8 Å². The van der Waals surface area contributed by atoms with Crippen molar-refractivity contribution in [2.24, 2.45) is 5.92 Å². The Kier molecular flexibility index (Phi) is 5.37. The summed E-state index contributed by atoms with van der Waals surface area (Å²) in [6, 6.07) is 3.53. The van der Waals surface area contributed by atoms with Gasteiger partial charge in [0.25, 0.3) is 5.91 Å². The molecule has 0 aliphatic heterocycles. The van der Waals surface area contributed by atoms with Gasteiger partial charge in [-0.05, 0) is 38.7 Å². The number of anilines is 1. The molecule has 122 valence electrons. The number of aryl methyl sites for hydroxylation is 1. The van der Waals surface area contributed by atoms with Crippen molar-refractivity contribution >= 4 is 11.6 Å². The first kappa shape index (κ1) is 16.7. The minimum Gasteiger partial charge on any atom is -0.475 e. The van der Waals surface area contributed by atoms with Gasteiger partial charge in [0.15, 0.2) is 0 Å². The number of carbonyl (C=O) groups is 1. The molecule has 1 atom stereocenters. The zero-order valence-electron chi connectivity index (χ0n) is 13.6. The third-order valence-corrected chi connectivity index (χ3v) is 4.08. The fourth-order valence-electron chi connectivity index (χ4n) is 2.31.